The van der Waals surface area contributed by atoms with Gasteiger partial charge < -0.3 is 15.2 Å². The summed E-state index contributed by atoms with van der Waals surface area (Å²) < 4.78 is 23.9. The fourth-order valence-electron chi connectivity index (χ4n) is 2.37. The number of carbonyl (C=O) groups excluding carboxylic acids is 3. The van der Waals surface area contributed by atoms with Crippen LogP contribution in [0, 0.1) is 5.82 Å². The van der Waals surface area contributed by atoms with Gasteiger partial charge in [0.2, 0.25) is 6.10 Å². The summed E-state index contributed by atoms with van der Waals surface area (Å²) in [6.07, 6.45) is -1.74. The third-order valence-corrected chi connectivity index (χ3v) is 4.19. The molecular weight excluding hydrogens is 421 g/mol. The van der Waals surface area contributed by atoms with E-state index in [2.05, 4.69) is 15.9 Å². The van der Waals surface area contributed by atoms with Crippen LogP contribution in [0.4, 0.5) is 4.39 Å². The maximum atomic E-state index is 13.0. The molecule has 0 heterocycles. The number of primary amides is 1. The number of ether oxygens (including phenoxy) is 2. The molecule has 27 heavy (non-hydrogen) atoms. The second-order valence-corrected chi connectivity index (χ2v) is 6.51. The van der Waals surface area contributed by atoms with Crippen LogP contribution in [0.25, 0.3) is 0 Å². The number of Topliss-reactive ketones (excluding diaryl/α,β-unsaturated/α-hetero) is 1. The first-order chi connectivity index (χ1) is 12.8. The van der Waals surface area contributed by atoms with Crippen LogP contribution in [0.1, 0.15) is 34.9 Å². The van der Waals surface area contributed by atoms with Crippen LogP contribution in [0.2, 0.25) is 0 Å². The highest BCUT2D eigenvalue weighted by atomic mass is 79.9. The number of rotatable bonds is 8. The van der Waals surface area contributed by atoms with Gasteiger partial charge in [0.15, 0.2) is 5.78 Å². The highest BCUT2D eigenvalue weighted by Gasteiger charge is 2.23. The van der Waals surface area contributed by atoms with Crippen molar-refractivity contribution in [1.29, 1.82) is 0 Å². The summed E-state index contributed by atoms with van der Waals surface area (Å²) >= 11 is 3.28. The SMILES string of the molecule is COc1ccc(Br)cc1C(=O)CCC(=O)OC(C(N)=O)c1ccc(F)cc1. The molecule has 1 unspecified atom stereocenters. The van der Waals surface area contributed by atoms with Crippen molar-refractivity contribution in [1.82, 2.24) is 0 Å². The zero-order valence-electron chi connectivity index (χ0n) is 14.4. The first kappa shape index (κ1) is 20.6. The Labute approximate surface area is 163 Å². The van der Waals surface area contributed by atoms with Gasteiger partial charge in [-0.2, -0.15) is 0 Å². The molecule has 2 N–H and O–H groups in total. The molecule has 8 heteroatoms. The van der Waals surface area contributed by atoms with E-state index < -0.39 is 23.8 Å². The van der Waals surface area contributed by atoms with Crippen molar-refractivity contribution < 1.29 is 28.2 Å². The van der Waals surface area contributed by atoms with Crippen molar-refractivity contribution in [2.45, 2.75) is 18.9 Å². The molecule has 142 valence electrons. The summed E-state index contributed by atoms with van der Waals surface area (Å²) in [4.78, 5) is 36.0. The molecule has 6 nitrogen and oxygen atoms in total. The van der Waals surface area contributed by atoms with Gasteiger partial charge in [0, 0.05) is 16.5 Å². The number of methoxy groups -OCH3 is 1. The molecule has 1 amide bonds. The van der Waals surface area contributed by atoms with Crippen molar-refractivity contribution >= 4 is 33.6 Å². The number of amides is 1. The fraction of sp³-hybridized carbons (Fsp3) is 0.211. The van der Waals surface area contributed by atoms with E-state index in [9.17, 15) is 18.8 Å². The molecule has 0 aliphatic carbocycles. The number of halogens is 2. The van der Waals surface area contributed by atoms with Crippen molar-refractivity contribution in [3.8, 4) is 5.75 Å². The molecule has 0 fully saturated rings. The molecule has 0 bridgehead atoms. The lowest BCUT2D eigenvalue weighted by Gasteiger charge is -2.15. The quantitative estimate of drug-likeness (QED) is 0.504. The van der Waals surface area contributed by atoms with E-state index in [1.165, 1.54) is 19.2 Å². The lowest BCUT2D eigenvalue weighted by atomic mass is 10.1. The Kier molecular flexibility index (Phi) is 7.06. The van der Waals surface area contributed by atoms with E-state index in [1.807, 2.05) is 0 Å². The molecule has 1 atom stereocenters. The zero-order chi connectivity index (χ0) is 20.0. The largest absolute Gasteiger partial charge is 0.496 e. The topological polar surface area (TPSA) is 95.7 Å². The zero-order valence-corrected chi connectivity index (χ0v) is 16.0. The Balaban J connectivity index is 2.02. The van der Waals surface area contributed by atoms with Gasteiger partial charge in [-0.05, 0) is 30.3 Å². The van der Waals surface area contributed by atoms with Crippen molar-refractivity contribution in [3.63, 3.8) is 0 Å². The number of hydrogen-bond acceptors (Lipinski definition) is 5. The normalized spacial score (nSPS) is 11.5. The summed E-state index contributed by atoms with van der Waals surface area (Å²) in [7, 11) is 1.44. The van der Waals surface area contributed by atoms with E-state index >= 15 is 0 Å². The van der Waals surface area contributed by atoms with E-state index in [1.54, 1.807) is 18.2 Å². The summed E-state index contributed by atoms with van der Waals surface area (Å²) in [5, 5.41) is 0. The molecule has 0 radical (unpaired) electrons. The lowest BCUT2D eigenvalue weighted by molar-refractivity contribution is -0.155. The number of ketones is 1. The molecule has 2 aromatic carbocycles. The number of hydrogen-bond donors (Lipinski definition) is 1. The first-order valence-corrected chi connectivity index (χ1v) is 8.72. The Bertz CT molecular complexity index is 854. The van der Waals surface area contributed by atoms with Crippen LogP contribution in [0.3, 0.4) is 0 Å². The maximum Gasteiger partial charge on any atom is 0.307 e. The number of carbonyl (C=O) groups is 3. The number of benzene rings is 2. The van der Waals surface area contributed by atoms with Crippen LogP contribution < -0.4 is 10.5 Å². The summed E-state index contributed by atoms with van der Waals surface area (Å²) in [5.74, 6) is -2.09. The van der Waals surface area contributed by atoms with Crippen LogP contribution >= 0.6 is 15.9 Å². The smallest absolute Gasteiger partial charge is 0.307 e. The molecule has 0 aliphatic rings. The third-order valence-electron chi connectivity index (χ3n) is 3.70. The summed E-state index contributed by atoms with van der Waals surface area (Å²) in [5.41, 5.74) is 5.83. The Hall–Kier alpha value is -2.74. The van der Waals surface area contributed by atoms with Crippen molar-refractivity contribution in [2.75, 3.05) is 7.11 Å². The van der Waals surface area contributed by atoms with Crippen LogP contribution in [-0.4, -0.2) is 24.8 Å². The number of nitrogens with two attached hydrogens (primary N) is 1. The van der Waals surface area contributed by atoms with Gasteiger partial charge in [-0.3, -0.25) is 14.4 Å². The van der Waals surface area contributed by atoms with Crippen molar-refractivity contribution in [3.05, 3.63) is 63.9 Å². The Morgan fingerprint density at radius 2 is 1.78 bits per heavy atom. The Morgan fingerprint density at radius 1 is 1.11 bits per heavy atom. The fourth-order valence-corrected chi connectivity index (χ4v) is 2.73. The van der Waals surface area contributed by atoms with Gasteiger partial charge in [-0.1, -0.05) is 28.1 Å². The molecule has 0 aliphatic heterocycles. The second-order valence-electron chi connectivity index (χ2n) is 5.59. The lowest BCUT2D eigenvalue weighted by Crippen LogP contribution is -2.26. The number of esters is 1. The summed E-state index contributed by atoms with van der Waals surface area (Å²) in [6, 6.07) is 9.81. The van der Waals surface area contributed by atoms with Gasteiger partial charge in [0.1, 0.15) is 11.6 Å². The summed E-state index contributed by atoms with van der Waals surface area (Å²) in [6.45, 7) is 0. The molecule has 0 saturated heterocycles. The highest BCUT2D eigenvalue weighted by molar-refractivity contribution is 9.10. The van der Waals surface area contributed by atoms with Crippen LogP contribution in [0.15, 0.2) is 46.9 Å². The Morgan fingerprint density at radius 3 is 2.37 bits per heavy atom. The molecule has 0 aromatic heterocycles. The van der Waals surface area contributed by atoms with Crippen LogP contribution in [-0.2, 0) is 14.3 Å². The predicted octanol–water partition coefficient (Wildman–Crippen LogP) is 3.33. The molecule has 2 aromatic rings. The average Bonchev–Trinajstić information content (AvgIpc) is 2.64. The minimum absolute atomic E-state index is 0.138. The third kappa shape index (κ3) is 5.62. The van der Waals surface area contributed by atoms with E-state index in [0.717, 1.165) is 12.1 Å². The van der Waals surface area contributed by atoms with Crippen molar-refractivity contribution in [2.24, 2.45) is 5.73 Å². The van der Waals surface area contributed by atoms with E-state index in [4.69, 9.17) is 15.2 Å². The van der Waals surface area contributed by atoms with Gasteiger partial charge in [-0.15, -0.1) is 0 Å². The molecule has 0 spiro atoms. The van der Waals surface area contributed by atoms with E-state index in [0.29, 0.717) is 15.8 Å². The minimum Gasteiger partial charge on any atom is -0.496 e. The van der Waals surface area contributed by atoms with Crippen LogP contribution in [0.5, 0.6) is 5.75 Å². The standard InChI is InChI=1S/C19H17BrFNO5/c1-26-16-8-4-12(20)10-14(16)15(23)7-9-17(24)27-18(19(22)25)11-2-5-13(21)6-3-11/h2-6,8,10,18H,7,9H2,1H3,(H2,22,25). The van der Waals surface area contributed by atoms with Gasteiger partial charge in [0.25, 0.3) is 5.91 Å². The maximum absolute atomic E-state index is 13.0. The monoisotopic (exact) mass is 437 g/mol. The minimum atomic E-state index is -1.35. The van der Waals surface area contributed by atoms with E-state index in [-0.39, 0.29) is 24.2 Å². The van der Waals surface area contributed by atoms with Gasteiger partial charge in [0.05, 0.1) is 19.1 Å². The van der Waals surface area contributed by atoms with Gasteiger partial charge in [-0.25, -0.2) is 4.39 Å². The second kappa shape index (κ2) is 9.27. The predicted molar refractivity (Wildman–Crippen MR) is 98.7 cm³/mol. The molecule has 0 saturated carbocycles. The average molecular weight is 438 g/mol. The van der Waals surface area contributed by atoms with Gasteiger partial charge >= 0.3 is 5.97 Å². The molecule has 2 rings (SSSR count). The molecular formula is C19H17BrFNO5. The highest BCUT2D eigenvalue weighted by Crippen LogP contribution is 2.25. The first-order valence-electron chi connectivity index (χ1n) is 7.93.